The zero-order valence-corrected chi connectivity index (χ0v) is 14.2. The Labute approximate surface area is 146 Å². The molecule has 126 valence electrons. The molecule has 1 aromatic carbocycles. The van der Waals surface area contributed by atoms with Gasteiger partial charge in [-0.25, -0.2) is 4.79 Å². The fraction of sp³-hybridized carbons (Fsp3) is 0.250. The number of carbonyl (C=O) groups is 1. The molecule has 0 radical (unpaired) electrons. The summed E-state index contributed by atoms with van der Waals surface area (Å²) in [4.78, 5) is 21.4. The highest BCUT2D eigenvalue weighted by molar-refractivity contribution is 6.19. The molecule has 0 saturated carbocycles. The van der Waals surface area contributed by atoms with Gasteiger partial charge in [0.25, 0.3) is 0 Å². The molecule has 4 rings (SSSR count). The number of hydrogen-bond acceptors (Lipinski definition) is 5. The third-order valence-corrected chi connectivity index (χ3v) is 5.01. The lowest BCUT2D eigenvalue weighted by Crippen LogP contribution is -2.29. The zero-order chi connectivity index (χ0) is 17.4. The fourth-order valence-corrected chi connectivity index (χ4v) is 3.80. The van der Waals surface area contributed by atoms with E-state index in [-0.39, 0.29) is 5.97 Å². The second kappa shape index (κ2) is 5.84. The van der Waals surface area contributed by atoms with Gasteiger partial charge in [0.15, 0.2) is 0 Å². The quantitative estimate of drug-likeness (QED) is 0.678. The van der Waals surface area contributed by atoms with Crippen LogP contribution in [-0.2, 0) is 14.9 Å². The summed E-state index contributed by atoms with van der Waals surface area (Å²) in [5.41, 5.74) is 5.07. The lowest BCUT2D eigenvalue weighted by atomic mass is 9.76. The van der Waals surface area contributed by atoms with Gasteiger partial charge < -0.3 is 10.1 Å². The Bertz CT molecular complexity index is 902. The van der Waals surface area contributed by atoms with Gasteiger partial charge in [-0.15, -0.1) is 0 Å². The summed E-state index contributed by atoms with van der Waals surface area (Å²) in [7, 11) is 1.41. The summed E-state index contributed by atoms with van der Waals surface area (Å²) in [6.45, 7) is 2.84. The molecular weight excluding hydrogens is 314 g/mol. The van der Waals surface area contributed by atoms with Gasteiger partial charge in [0, 0.05) is 30.9 Å². The Morgan fingerprint density at radius 2 is 2.04 bits per heavy atom. The second-order valence-corrected chi connectivity index (χ2v) is 6.35. The molecule has 2 aromatic rings. The van der Waals surface area contributed by atoms with Crippen molar-refractivity contribution < 1.29 is 9.53 Å². The lowest BCUT2D eigenvalue weighted by Gasteiger charge is -2.25. The second-order valence-electron chi connectivity index (χ2n) is 6.35. The van der Waals surface area contributed by atoms with E-state index in [0.29, 0.717) is 5.57 Å². The molecule has 1 N–H and O–H groups in total. The predicted octanol–water partition coefficient (Wildman–Crippen LogP) is 2.92. The van der Waals surface area contributed by atoms with E-state index in [2.05, 4.69) is 34.3 Å². The average Bonchev–Trinajstić information content (AvgIpc) is 3.23. The van der Waals surface area contributed by atoms with Crippen LogP contribution in [0.1, 0.15) is 23.1 Å². The van der Waals surface area contributed by atoms with Gasteiger partial charge >= 0.3 is 5.97 Å². The molecule has 25 heavy (non-hydrogen) atoms. The molecule has 1 unspecified atom stereocenters. The van der Waals surface area contributed by atoms with Crippen molar-refractivity contribution in [3.8, 4) is 0 Å². The highest BCUT2D eigenvalue weighted by Gasteiger charge is 2.46. The number of hydrogen-bond donors (Lipinski definition) is 1. The van der Waals surface area contributed by atoms with E-state index in [9.17, 15) is 4.79 Å². The highest BCUT2D eigenvalue weighted by Crippen LogP contribution is 2.48. The number of nitrogens with zero attached hydrogens (tertiary/aromatic N) is 2. The molecule has 0 amide bonds. The number of para-hydroxylation sites is 1. The van der Waals surface area contributed by atoms with Crippen molar-refractivity contribution in [3.63, 3.8) is 0 Å². The lowest BCUT2D eigenvalue weighted by molar-refractivity contribution is -0.133. The standard InChI is InChI=1S/C20H19N3O2/c1-13-4-3-5-15-17(13)23-12-20(15)8-11-22-18(20)16(19(24)25-2)14-6-9-21-10-7-14/h3-7,9-10,12,22H,8,11H2,1-2H3/b18-16-. The van der Waals surface area contributed by atoms with Crippen molar-refractivity contribution in [1.29, 1.82) is 0 Å². The molecule has 1 saturated heterocycles. The molecule has 1 aromatic heterocycles. The molecule has 0 aliphatic carbocycles. The Morgan fingerprint density at radius 1 is 1.24 bits per heavy atom. The third kappa shape index (κ3) is 2.27. The van der Waals surface area contributed by atoms with Crippen molar-refractivity contribution in [3.05, 3.63) is 65.1 Å². The van der Waals surface area contributed by atoms with Crippen LogP contribution >= 0.6 is 0 Å². The molecule has 0 bridgehead atoms. The van der Waals surface area contributed by atoms with E-state index < -0.39 is 5.41 Å². The molecule has 5 heteroatoms. The minimum Gasteiger partial charge on any atom is -0.465 e. The van der Waals surface area contributed by atoms with Gasteiger partial charge in [-0.2, -0.15) is 0 Å². The maximum Gasteiger partial charge on any atom is 0.340 e. The molecule has 3 heterocycles. The first-order valence-electron chi connectivity index (χ1n) is 8.30. The summed E-state index contributed by atoms with van der Waals surface area (Å²) in [6.07, 6.45) is 6.20. The van der Waals surface area contributed by atoms with Crippen molar-refractivity contribution >= 4 is 23.4 Å². The number of allylic oxidation sites excluding steroid dienone is 1. The van der Waals surface area contributed by atoms with Crippen LogP contribution in [0.15, 0.2) is 53.4 Å². The largest absolute Gasteiger partial charge is 0.465 e. The van der Waals surface area contributed by atoms with Gasteiger partial charge in [-0.3, -0.25) is 9.98 Å². The molecule has 2 aliphatic rings. The van der Waals surface area contributed by atoms with Crippen LogP contribution in [0.2, 0.25) is 0 Å². The average molecular weight is 333 g/mol. The SMILES string of the molecule is COC(=O)/C(=C1\NCCC12C=Nc1c(C)cccc12)c1ccncc1. The summed E-state index contributed by atoms with van der Waals surface area (Å²) in [5.74, 6) is -0.357. The van der Waals surface area contributed by atoms with E-state index >= 15 is 0 Å². The number of esters is 1. The summed E-state index contributed by atoms with van der Waals surface area (Å²) in [6, 6.07) is 9.87. The molecule has 2 aliphatic heterocycles. The maximum atomic E-state index is 12.6. The number of rotatable bonds is 2. The number of nitrogens with one attached hydrogen (secondary N) is 1. The first-order chi connectivity index (χ1) is 12.2. The number of ether oxygens (including phenoxy) is 1. The monoisotopic (exact) mass is 333 g/mol. The van der Waals surface area contributed by atoms with Crippen molar-refractivity contribution in [1.82, 2.24) is 10.3 Å². The molecule has 1 spiro atoms. The van der Waals surface area contributed by atoms with Crippen LogP contribution < -0.4 is 5.32 Å². The first kappa shape index (κ1) is 15.6. The Balaban J connectivity index is 1.98. The molecular formula is C20H19N3O2. The highest BCUT2D eigenvalue weighted by atomic mass is 16.5. The fourth-order valence-electron chi connectivity index (χ4n) is 3.80. The molecule has 5 nitrogen and oxygen atoms in total. The van der Waals surface area contributed by atoms with Crippen LogP contribution in [0.3, 0.4) is 0 Å². The third-order valence-electron chi connectivity index (χ3n) is 5.01. The van der Waals surface area contributed by atoms with Gasteiger partial charge in [0.2, 0.25) is 0 Å². The summed E-state index contributed by atoms with van der Waals surface area (Å²) in [5, 5.41) is 3.43. The van der Waals surface area contributed by atoms with E-state index in [4.69, 9.17) is 4.74 Å². The number of pyridine rings is 1. The minimum absolute atomic E-state index is 0.357. The number of benzene rings is 1. The Hall–Kier alpha value is -2.95. The molecule has 1 fully saturated rings. The Kier molecular flexibility index (Phi) is 3.64. The zero-order valence-electron chi connectivity index (χ0n) is 14.2. The normalized spacial score (nSPS) is 22.6. The van der Waals surface area contributed by atoms with Crippen LogP contribution in [-0.4, -0.2) is 30.8 Å². The van der Waals surface area contributed by atoms with Gasteiger partial charge in [-0.05, 0) is 42.2 Å². The van der Waals surface area contributed by atoms with Crippen molar-refractivity contribution in [2.45, 2.75) is 18.8 Å². The summed E-state index contributed by atoms with van der Waals surface area (Å²) >= 11 is 0. The number of carbonyl (C=O) groups excluding carboxylic acids is 1. The smallest absolute Gasteiger partial charge is 0.340 e. The van der Waals surface area contributed by atoms with E-state index in [1.165, 1.54) is 7.11 Å². The first-order valence-corrected chi connectivity index (χ1v) is 8.30. The van der Waals surface area contributed by atoms with Gasteiger partial charge in [-0.1, -0.05) is 18.2 Å². The Morgan fingerprint density at radius 3 is 2.80 bits per heavy atom. The van der Waals surface area contributed by atoms with E-state index in [0.717, 1.165) is 41.0 Å². The molecule has 1 atom stereocenters. The van der Waals surface area contributed by atoms with E-state index in [1.54, 1.807) is 12.4 Å². The van der Waals surface area contributed by atoms with Crippen LogP contribution in [0.4, 0.5) is 5.69 Å². The van der Waals surface area contributed by atoms with Crippen molar-refractivity contribution in [2.75, 3.05) is 13.7 Å². The maximum absolute atomic E-state index is 12.6. The van der Waals surface area contributed by atoms with Crippen LogP contribution in [0, 0.1) is 6.92 Å². The number of aryl methyl sites for hydroxylation is 1. The van der Waals surface area contributed by atoms with Gasteiger partial charge in [0.05, 0.1) is 23.8 Å². The minimum atomic E-state index is -0.409. The number of fused-ring (bicyclic) bond motifs is 2. The summed E-state index contributed by atoms with van der Waals surface area (Å²) < 4.78 is 5.09. The predicted molar refractivity (Wildman–Crippen MR) is 96.8 cm³/mol. The topological polar surface area (TPSA) is 63.6 Å². The van der Waals surface area contributed by atoms with Gasteiger partial charge in [0.1, 0.15) is 0 Å². The number of aromatic nitrogens is 1. The van der Waals surface area contributed by atoms with Crippen molar-refractivity contribution in [2.24, 2.45) is 4.99 Å². The number of methoxy groups -OCH3 is 1. The van der Waals surface area contributed by atoms with Crippen LogP contribution in [0.5, 0.6) is 0 Å². The van der Waals surface area contributed by atoms with E-state index in [1.807, 2.05) is 24.4 Å². The van der Waals surface area contributed by atoms with Crippen LogP contribution in [0.25, 0.3) is 5.57 Å². The number of aliphatic imine (C=N–C) groups is 1.